The number of benzene rings is 1. The molecule has 200 valence electrons. The maximum Gasteiger partial charge on any atom is 0.411 e. The van der Waals surface area contributed by atoms with Gasteiger partial charge in [-0.25, -0.2) is 4.79 Å². The Morgan fingerprint density at radius 2 is 1.83 bits per heavy atom. The van der Waals surface area contributed by atoms with Gasteiger partial charge in [-0.05, 0) is 67.2 Å². The first-order valence-corrected chi connectivity index (χ1v) is 13.0. The molecule has 0 radical (unpaired) electrons. The number of aliphatic hydroxyl groups excluding tert-OH is 2. The SMILES string of the molecule is COc1ccc(NC(=O)O[C@@H]2CC[C@]3(C)[C@H](CC[C@@H](O)[C@H]3CC(=O)N3CCOCC3)[C@]2(C)CO)cc1. The lowest BCUT2D eigenvalue weighted by Crippen LogP contribution is -2.61. The maximum absolute atomic E-state index is 13.1. The van der Waals surface area contributed by atoms with E-state index in [9.17, 15) is 19.8 Å². The van der Waals surface area contributed by atoms with Crippen LogP contribution in [0.5, 0.6) is 5.75 Å². The van der Waals surface area contributed by atoms with Crippen molar-refractivity contribution in [2.45, 2.75) is 58.2 Å². The first-order valence-electron chi connectivity index (χ1n) is 13.0. The monoisotopic (exact) mass is 504 g/mol. The molecule has 2 amide bonds. The number of methoxy groups -OCH3 is 1. The summed E-state index contributed by atoms with van der Waals surface area (Å²) >= 11 is 0. The van der Waals surface area contributed by atoms with Crippen LogP contribution in [-0.4, -0.2) is 79.3 Å². The molecule has 9 nitrogen and oxygen atoms in total. The minimum atomic E-state index is -0.690. The van der Waals surface area contributed by atoms with E-state index in [0.717, 1.165) is 0 Å². The molecule has 36 heavy (non-hydrogen) atoms. The van der Waals surface area contributed by atoms with Crippen molar-refractivity contribution in [1.82, 2.24) is 4.90 Å². The maximum atomic E-state index is 13.1. The van der Waals surface area contributed by atoms with Crippen molar-refractivity contribution in [1.29, 1.82) is 0 Å². The number of anilines is 1. The number of aliphatic hydroxyl groups is 2. The summed E-state index contributed by atoms with van der Waals surface area (Å²) < 4.78 is 16.4. The highest BCUT2D eigenvalue weighted by atomic mass is 16.6. The lowest BCUT2D eigenvalue weighted by atomic mass is 9.46. The second kappa shape index (κ2) is 10.9. The van der Waals surface area contributed by atoms with Crippen LogP contribution >= 0.6 is 0 Å². The number of carbonyl (C=O) groups excluding carboxylic acids is 2. The minimum absolute atomic E-state index is 0.00609. The van der Waals surface area contributed by atoms with Crippen molar-refractivity contribution in [2.75, 3.05) is 45.3 Å². The lowest BCUT2D eigenvalue weighted by molar-refractivity contribution is -0.187. The second-order valence-corrected chi connectivity index (χ2v) is 11.0. The highest BCUT2D eigenvalue weighted by Gasteiger charge is 2.60. The van der Waals surface area contributed by atoms with Crippen molar-refractivity contribution in [2.24, 2.45) is 22.7 Å². The van der Waals surface area contributed by atoms with Gasteiger partial charge in [0.1, 0.15) is 11.9 Å². The molecule has 1 heterocycles. The second-order valence-electron chi connectivity index (χ2n) is 11.0. The number of amides is 2. The number of rotatable bonds is 6. The van der Waals surface area contributed by atoms with Gasteiger partial charge in [-0.2, -0.15) is 0 Å². The molecule has 0 spiro atoms. The van der Waals surface area contributed by atoms with Crippen molar-refractivity contribution in [3.05, 3.63) is 24.3 Å². The summed E-state index contributed by atoms with van der Waals surface area (Å²) in [5.41, 5.74) is -0.455. The zero-order valence-electron chi connectivity index (χ0n) is 21.6. The number of morpholine rings is 1. The lowest BCUT2D eigenvalue weighted by Gasteiger charge is -2.60. The molecule has 0 aromatic heterocycles. The van der Waals surface area contributed by atoms with Gasteiger partial charge in [-0.3, -0.25) is 10.1 Å². The number of ether oxygens (including phenoxy) is 3. The van der Waals surface area contributed by atoms with E-state index in [-0.39, 0.29) is 36.2 Å². The summed E-state index contributed by atoms with van der Waals surface area (Å²) in [6.45, 7) is 6.20. The van der Waals surface area contributed by atoms with Gasteiger partial charge in [-0.15, -0.1) is 0 Å². The van der Waals surface area contributed by atoms with Crippen LogP contribution in [0.2, 0.25) is 0 Å². The third-order valence-electron chi connectivity index (χ3n) is 9.02. The van der Waals surface area contributed by atoms with Gasteiger partial charge < -0.3 is 29.3 Å². The molecule has 3 aliphatic rings. The highest BCUT2D eigenvalue weighted by Crippen LogP contribution is 2.61. The van der Waals surface area contributed by atoms with Gasteiger partial charge in [0.25, 0.3) is 0 Å². The molecule has 0 bridgehead atoms. The Kier molecular flexibility index (Phi) is 8.12. The number of nitrogens with one attached hydrogen (secondary N) is 1. The smallest absolute Gasteiger partial charge is 0.411 e. The number of fused-ring (bicyclic) bond motifs is 1. The van der Waals surface area contributed by atoms with Crippen LogP contribution in [0.3, 0.4) is 0 Å². The van der Waals surface area contributed by atoms with E-state index in [4.69, 9.17) is 14.2 Å². The molecule has 1 aliphatic heterocycles. The predicted octanol–water partition coefficient (Wildman–Crippen LogP) is 3.05. The van der Waals surface area contributed by atoms with Crippen LogP contribution in [0.4, 0.5) is 10.5 Å². The van der Waals surface area contributed by atoms with Gasteiger partial charge in [-0.1, -0.05) is 13.8 Å². The highest BCUT2D eigenvalue weighted by molar-refractivity contribution is 5.84. The molecule has 3 fully saturated rings. The fourth-order valence-corrected chi connectivity index (χ4v) is 6.86. The Balaban J connectivity index is 1.47. The van der Waals surface area contributed by atoms with E-state index in [1.807, 2.05) is 11.8 Å². The van der Waals surface area contributed by atoms with E-state index in [0.29, 0.717) is 63.4 Å². The third-order valence-corrected chi connectivity index (χ3v) is 9.02. The van der Waals surface area contributed by atoms with Gasteiger partial charge in [0.15, 0.2) is 0 Å². The zero-order valence-corrected chi connectivity index (χ0v) is 21.6. The van der Waals surface area contributed by atoms with E-state index >= 15 is 0 Å². The number of hydrogen-bond acceptors (Lipinski definition) is 7. The molecule has 6 atom stereocenters. The van der Waals surface area contributed by atoms with E-state index < -0.39 is 23.7 Å². The number of carbonyl (C=O) groups is 2. The van der Waals surface area contributed by atoms with Crippen LogP contribution in [0.15, 0.2) is 24.3 Å². The topological polar surface area (TPSA) is 118 Å². The molecular weight excluding hydrogens is 464 g/mol. The van der Waals surface area contributed by atoms with Gasteiger partial charge in [0, 0.05) is 30.6 Å². The summed E-state index contributed by atoms with van der Waals surface area (Å²) in [6, 6.07) is 6.99. The molecule has 2 saturated carbocycles. The normalized spacial score (nSPS) is 34.4. The standard InChI is InChI=1S/C27H40N2O7/c1-26-11-10-23(36-25(33)28-18-4-6-19(34-3)7-5-18)27(2,17-30)22(26)9-8-21(31)20(26)16-24(32)29-12-14-35-15-13-29/h4-7,20-23,30-31H,8-17H2,1-3H3,(H,28,33)/t20-,21-,22+,23-,26+,27+/m1/s1. The predicted molar refractivity (Wildman–Crippen MR) is 134 cm³/mol. The molecular formula is C27H40N2O7. The summed E-state index contributed by atoms with van der Waals surface area (Å²) in [6.07, 6.45) is 1.17. The molecule has 2 aliphatic carbocycles. The van der Waals surface area contributed by atoms with E-state index in [2.05, 4.69) is 12.2 Å². The van der Waals surface area contributed by atoms with Gasteiger partial charge in [0.05, 0.1) is 33.0 Å². The molecule has 3 N–H and O–H groups in total. The molecule has 9 heteroatoms. The molecule has 1 aromatic carbocycles. The van der Waals surface area contributed by atoms with E-state index in [1.165, 1.54) is 0 Å². The molecule has 1 saturated heterocycles. The van der Waals surface area contributed by atoms with Crippen LogP contribution in [-0.2, 0) is 14.3 Å². The Labute approximate surface area is 213 Å². The van der Waals surface area contributed by atoms with Crippen LogP contribution in [0.25, 0.3) is 0 Å². The summed E-state index contributed by atoms with van der Waals surface area (Å²) in [5.74, 6) is 0.515. The van der Waals surface area contributed by atoms with Crippen LogP contribution in [0, 0.1) is 22.7 Å². The Morgan fingerprint density at radius 3 is 2.47 bits per heavy atom. The summed E-state index contributed by atoms with van der Waals surface area (Å²) in [7, 11) is 1.58. The van der Waals surface area contributed by atoms with Crippen molar-refractivity contribution in [3.8, 4) is 5.75 Å². The number of nitrogens with zero attached hydrogens (tertiary/aromatic N) is 1. The molecule has 4 rings (SSSR count). The summed E-state index contributed by atoms with van der Waals surface area (Å²) in [4.78, 5) is 27.7. The third kappa shape index (κ3) is 5.19. The minimum Gasteiger partial charge on any atom is -0.497 e. The average Bonchev–Trinajstić information content (AvgIpc) is 2.89. The molecule has 0 unspecified atom stereocenters. The van der Waals surface area contributed by atoms with Crippen molar-refractivity contribution < 1.29 is 34.0 Å². The van der Waals surface area contributed by atoms with Gasteiger partial charge >= 0.3 is 6.09 Å². The number of hydrogen-bond donors (Lipinski definition) is 3. The van der Waals surface area contributed by atoms with Crippen LogP contribution < -0.4 is 10.1 Å². The quantitative estimate of drug-likeness (QED) is 0.545. The van der Waals surface area contributed by atoms with Crippen molar-refractivity contribution >= 4 is 17.7 Å². The fourth-order valence-electron chi connectivity index (χ4n) is 6.86. The Morgan fingerprint density at radius 1 is 1.14 bits per heavy atom. The van der Waals surface area contributed by atoms with Gasteiger partial charge in [0.2, 0.25) is 5.91 Å². The zero-order chi connectivity index (χ0) is 25.9. The first kappa shape index (κ1) is 26.7. The van der Waals surface area contributed by atoms with Crippen molar-refractivity contribution in [3.63, 3.8) is 0 Å². The average molecular weight is 505 g/mol. The Hall–Kier alpha value is -2.36. The fraction of sp³-hybridized carbons (Fsp3) is 0.704. The van der Waals surface area contributed by atoms with E-state index in [1.54, 1.807) is 31.4 Å². The first-order chi connectivity index (χ1) is 17.2. The summed E-state index contributed by atoms with van der Waals surface area (Å²) in [5, 5.41) is 24.4. The Bertz CT molecular complexity index is 919. The molecule has 1 aromatic rings. The largest absolute Gasteiger partial charge is 0.497 e. The van der Waals surface area contributed by atoms with Crippen LogP contribution in [0.1, 0.15) is 46.0 Å².